The van der Waals surface area contributed by atoms with Gasteiger partial charge in [0.05, 0.1) is 20.4 Å². The molecular weight excluding hydrogens is 256 g/mol. The average molecular weight is 280 g/mol. The second-order valence-electron chi connectivity index (χ2n) is 5.45. The number of hydrogen-bond donors (Lipinski definition) is 1. The third kappa shape index (κ3) is 3.20. The molecule has 0 radical (unpaired) electrons. The van der Waals surface area contributed by atoms with Crippen LogP contribution in [0.5, 0.6) is 11.8 Å². The molecule has 5 heteroatoms. The van der Waals surface area contributed by atoms with Gasteiger partial charge in [-0.25, -0.2) is 4.98 Å². The Balaban J connectivity index is 2.17. The van der Waals surface area contributed by atoms with Crippen LogP contribution in [-0.2, 0) is 0 Å². The van der Waals surface area contributed by atoms with Gasteiger partial charge in [0.1, 0.15) is 11.8 Å². The first-order chi connectivity index (χ1) is 9.69. The zero-order valence-electron chi connectivity index (χ0n) is 12.5. The molecule has 1 aliphatic carbocycles. The molecule has 0 amide bonds. The average Bonchev–Trinajstić information content (AvgIpc) is 2.53. The van der Waals surface area contributed by atoms with Crippen molar-refractivity contribution < 1.29 is 14.6 Å². The number of hydrogen-bond acceptors (Lipinski definition) is 5. The lowest BCUT2D eigenvalue weighted by atomic mass is 9.77. The Morgan fingerprint density at radius 3 is 2.80 bits per heavy atom. The van der Waals surface area contributed by atoms with Crippen LogP contribution in [-0.4, -0.2) is 29.3 Å². The molecule has 1 aromatic rings. The fourth-order valence-electron chi connectivity index (χ4n) is 3.03. The van der Waals surface area contributed by atoms with Gasteiger partial charge in [0.25, 0.3) is 0 Å². The van der Waals surface area contributed by atoms with E-state index in [0.717, 1.165) is 12.8 Å². The van der Waals surface area contributed by atoms with E-state index in [2.05, 4.69) is 16.9 Å². The van der Waals surface area contributed by atoms with Crippen molar-refractivity contribution in [3.63, 3.8) is 0 Å². The molecule has 0 aliphatic heterocycles. The van der Waals surface area contributed by atoms with Gasteiger partial charge < -0.3 is 14.6 Å². The molecule has 2 rings (SSSR count). The van der Waals surface area contributed by atoms with Crippen molar-refractivity contribution in [3.8, 4) is 11.8 Å². The van der Waals surface area contributed by atoms with Crippen LogP contribution >= 0.6 is 0 Å². The fourth-order valence-corrected chi connectivity index (χ4v) is 3.03. The van der Waals surface area contributed by atoms with Crippen molar-refractivity contribution in [2.45, 2.75) is 45.1 Å². The van der Waals surface area contributed by atoms with Gasteiger partial charge >= 0.3 is 0 Å². The van der Waals surface area contributed by atoms with Crippen LogP contribution in [0, 0.1) is 11.8 Å². The van der Waals surface area contributed by atoms with E-state index in [1.807, 2.05) is 0 Å². The molecule has 112 valence electrons. The number of methoxy groups -OCH3 is 2. The van der Waals surface area contributed by atoms with E-state index in [1.54, 1.807) is 0 Å². The third-order valence-electron chi connectivity index (χ3n) is 4.27. The van der Waals surface area contributed by atoms with Crippen LogP contribution in [0.25, 0.3) is 0 Å². The normalized spacial score (nSPS) is 24.2. The molecule has 0 saturated heterocycles. The molecule has 3 unspecified atom stereocenters. The highest BCUT2D eigenvalue weighted by Gasteiger charge is 2.30. The molecule has 1 saturated carbocycles. The summed E-state index contributed by atoms with van der Waals surface area (Å²) in [6.45, 7) is 2.22. The lowest BCUT2D eigenvalue weighted by Crippen LogP contribution is -2.22. The second kappa shape index (κ2) is 6.88. The van der Waals surface area contributed by atoms with Crippen molar-refractivity contribution >= 4 is 0 Å². The third-order valence-corrected chi connectivity index (χ3v) is 4.27. The first-order valence-corrected chi connectivity index (χ1v) is 7.32. The standard InChI is InChI=1S/C15H24N2O3/c1-4-10-6-5-7-11(8-10)14(18)13-15(20-3)17-12(19-2)9-16-13/h9-11,14,18H,4-8H2,1-3H3. The maximum Gasteiger partial charge on any atom is 0.241 e. The predicted molar refractivity (Wildman–Crippen MR) is 75.8 cm³/mol. The number of rotatable bonds is 5. The van der Waals surface area contributed by atoms with E-state index in [1.165, 1.54) is 39.7 Å². The summed E-state index contributed by atoms with van der Waals surface area (Å²) in [7, 11) is 3.07. The first-order valence-electron chi connectivity index (χ1n) is 7.32. The minimum Gasteiger partial charge on any atom is -0.480 e. The van der Waals surface area contributed by atoms with Crippen LogP contribution < -0.4 is 9.47 Å². The first kappa shape index (κ1) is 15.0. The molecule has 1 heterocycles. The summed E-state index contributed by atoms with van der Waals surface area (Å²) >= 11 is 0. The maximum absolute atomic E-state index is 10.6. The maximum atomic E-state index is 10.6. The number of aliphatic hydroxyl groups is 1. The largest absolute Gasteiger partial charge is 0.480 e. The van der Waals surface area contributed by atoms with Crippen molar-refractivity contribution in [3.05, 3.63) is 11.9 Å². The topological polar surface area (TPSA) is 64.5 Å². The summed E-state index contributed by atoms with van der Waals surface area (Å²) in [5, 5.41) is 10.6. The van der Waals surface area contributed by atoms with E-state index in [0.29, 0.717) is 23.4 Å². The number of nitrogens with zero attached hydrogens (tertiary/aromatic N) is 2. The highest BCUT2D eigenvalue weighted by Crippen LogP contribution is 2.39. The molecule has 20 heavy (non-hydrogen) atoms. The molecular formula is C15H24N2O3. The molecule has 1 N–H and O–H groups in total. The fraction of sp³-hybridized carbons (Fsp3) is 0.733. The van der Waals surface area contributed by atoms with E-state index in [-0.39, 0.29) is 5.92 Å². The van der Waals surface area contributed by atoms with Gasteiger partial charge in [-0.1, -0.05) is 26.2 Å². The Morgan fingerprint density at radius 2 is 2.15 bits per heavy atom. The Morgan fingerprint density at radius 1 is 1.35 bits per heavy atom. The van der Waals surface area contributed by atoms with Gasteiger partial charge in [0, 0.05) is 0 Å². The predicted octanol–water partition coefficient (Wildman–Crippen LogP) is 2.74. The molecule has 3 atom stereocenters. The molecule has 0 aromatic carbocycles. The van der Waals surface area contributed by atoms with Gasteiger partial charge in [-0.05, 0) is 24.7 Å². The van der Waals surface area contributed by atoms with Crippen molar-refractivity contribution in [1.29, 1.82) is 0 Å². The molecule has 1 aromatic heterocycles. The molecule has 0 bridgehead atoms. The Kier molecular flexibility index (Phi) is 5.17. The van der Waals surface area contributed by atoms with Crippen LogP contribution in [0.15, 0.2) is 6.20 Å². The van der Waals surface area contributed by atoms with Crippen molar-refractivity contribution in [1.82, 2.24) is 9.97 Å². The highest BCUT2D eigenvalue weighted by atomic mass is 16.5. The van der Waals surface area contributed by atoms with Crippen molar-refractivity contribution in [2.24, 2.45) is 11.8 Å². The van der Waals surface area contributed by atoms with Gasteiger partial charge in [-0.2, -0.15) is 4.98 Å². The molecule has 1 fully saturated rings. The van der Waals surface area contributed by atoms with Crippen molar-refractivity contribution in [2.75, 3.05) is 14.2 Å². The van der Waals surface area contributed by atoms with E-state index in [4.69, 9.17) is 9.47 Å². The Labute approximate surface area is 120 Å². The van der Waals surface area contributed by atoms with Gasteiger partial charge in [0.15, 0.2) is 0 Å². The van der Waals surface area contributed by atoms with Gasteiger partial charge in [-0.3, -0.25) is 0 Å². The minimum atomic E-state index is -0.613. The second-order valence-corrected chi connectivity index (χ2v) is 5.45. The summed E-state index contributed by atoms with van der Waals surface area (Å²) in [6.07, 6.45) is 6.62. The van der Waals surface area contributed by atoms with E-state index >= 15 is 0 Å². The molecule has 5 nitrogen and oxygen atoms in total. The lowest BCUT2D eigenvalue weighted by molar-refractivity contribution is 0.0616. The summed E-state index contributed by atoms with van der Waals surface area (Å²) < 4.78 is 10.3. The van der Waals surface area contributed by atoms with Crippen LogP contribution in [0.3, 0.4) is 0 Å². The summed E-state index contributed by atoms with van der Waals surface area (Å²) in [6, 6.07) is 0. The monoisotopic (exact) mass is 280 g/mol. The Bertz CT molecular complexity index is 439. The van der Waals surface area contributed by atoms with Gasteiger partial charge in [-0.15, -0.1) is 0 Å². The summed E-state index contributed by atoms with van der Waals surface area (Å²) in [4.78, 5) is 8.48. The summed E-state index contributed by atoms with van der Waals surface area (Å²) in [5.41, 5.74) is 0.523. The van der Waals surface area contributed by atoms with Crippen LogP contribution in [0.2, 0.25) is 0 Å². The number of aromatic nitrogens is 2. The smallest absolute Gasteiger partial charge is 0.241 e. The van der Waals surface area contributed by atoms with Crippen LogP contribution in [0.4, 0.5) is 0 Å². The highest BCUT2D eigenvalue weighted by molar-refractivity contribution is 5.25. The van der Waals surface area contributed by atoms with Crippen LogP contribution in [0.1, 0.15) is 50.8 Å². The SMILES string of the molecule is CCC1CCCC(C(O)c2ncc(OC)nc2OC)C1. The summed E-state index contributed by atoms with van der Waals surface area (Å²) in [5.74, 6) is 1.70. The number of aliphatic hydroxyl groups excluding tert-OH is 1. The van der Waals surface area contributed by atoms with E-state index in [9.17, 15) is 5.11 Å². The number of ether oxygens (including phenoxy) is 2. The van der Waals surface area contributed by atoms with Gasteiger partial charge in [0.2, 0.25) is 11.8 Å². The van der Waals surface area contributed by atoms with E-state index < -0.39 is 6.10 Å². The lowest BCUT2D eigenvalue weighted by Gasteiger charge is -2.31. The zero-order valence-corrected chi connectivity index (χ0v) is 12.5. The quantitative estimate of drug-likeness (QED) is 0.898. The molecule has 0 spiro atoms. The molecule has 1 aliphatic rings. The Hall–Kier alpha value is -1.36. The minimum absolute atomic E-state index is 0.241. The zero-order chi connectivity index (χ0) is 14.5.